The molecule has 2 unspecified atom stereocenters. The van der Waals surface area contributed by atoms with Crippen molar-refractivity contribution >= 4 is 11.8 Å². The lowest BCUT2D eigenvalue weighted by atomic mass is 9.84. The van der Waals surface area contributed by atoms with Gasteiger partial charge in [-0.05, 0) is 44.0 Å². The second kappa shape index (κ2) is 5.62. The van der Waals surface area contributed by atoms with Crippen LogP contribution in [-0.2, 0) is 12.1 Å². The number of thioether (sulfide) groups is 1. The summed E-state index contributed by atoms with van der Waals surface area (Å²) in [5.41, 5.74) is 0.901. The van der Waals surface area contributed by atoms with Gasteiger partial charge < -0.3 is 5.32 Å². The van der Waals surface area contributed by atoms with Crippen LogP contribution < -0.4 is 5.32 Å². The minimum Gasteiger partial charge on any atom is -0.314 e. The van der Waals surface area contributed by atoms with E-state index < -0.39 is 5.67 Å². The van der Waals surface area contributed by atoms with Gasteiger partial charge in [-0.25, -0.2) is 4.39 Å². The summed E-state index contributed by atoms with van der Waals surface area (Å²) in [6, 6.07) is 5.98. The van der Waals surface area contributed by atoms with Gasteiger partial charge in [0.15, 0.2) is 5.67 Å². The first-order chi connectivity index (χ1) is 8.61. The third kappa shape index (κ3) is 2.43. The SMILES string of the molecule is CCCC(F)(c1ccc2c(c1)CCS2)C(C)NC. The highest BCUT2D eigenvalue weighted by atomic mass is 32.2. The summed E-state index contributed by atoms with van der Waals surface area (Å²) < 4.78 is 15.3. The zero-order valence-electron chi connectivity index (χ0n) is 11.4. The van der Waals surface area contributed by atoms with Gasteiger partial charge in [0.25, 0.3) is 0 Å². The number of benzene rings is 1. The van der Waals surface area contributed by atoms with E-state index in [4.69, 9.17) is 0 Å². The average Bonchev–Trinajstić information content (AvgIpc) is 2.85. The van der Waals surface area contributed by atoms with Crippen molar-refractivity contribution in [3.8, 4) is 0 Å². The maximum atomic E-state index is 15.3. The monoisotopic (exact) mass is 267 g/mol. The van der Waals surface area contributed by atoms with Crippen LogP contribution in [0.4, 0.5) is 4.39 Å². The smallest absolute Gasteiger partial charge is 0.150 e. The Morgan fingerprint density at radius 3 is 2.94 bits per heavy atom. The van der Waals surface area contributed by atoms with E-state index in [1.165, 1.54) is 10.5 Å². The first-order valence-corrected chi connectivity index (χ1v) is 7.72. The van der Waals surface area contributed by atoms with Gasteiger partial charge in [-0.1, -0.05) is 25.5 Å². The molecule has 1 aliphatic rings. The number of fused-ring (bicyclic) bond motifs is 1. The van der Waals surface area contributed by atoms with Crippen LogP contribution in [0.2, 0.25) is 0 Å². The third-order valence-corrected chi connectivity index (χ3v) is 5.02. The summed E-state index contributed by atoms with van der Waals surface area (Å²) >= 11 is 1.88. The minimum absolute atomic E-state index is 0.162. The molecule has 1 aliphatic heterocycles. The average molecular weight is 267 g/mol. The number of rotatable bonds is 5. The first-order valence-electron chi connectivity index (χ1n) is 6.74. The highest BCUT2D eigenvalue weighted by molar-refractivity contribution is 7.99. The molecule has 0 saturated carbocycles. The van der Waals surface area contributed by atoms with Gasteiger partial charge in [0.2, 0.25) is 0 Å². The summed E-state index contributed by atoms with van der Waals surface area (Å²) in [6.07, 6.45) is 2.50. The Labute approximate surface area is 114 Å². The van der Waals surface area contributed by atoms with Crippen molar-refractivity contribution in [2.75, 3.05) is 12.8 Å². The number of nitrogens with one attached hydrogen (secondary N) is 1. The Hall–Kier alpha value is -0.540. The van der Waals surface area contributed by atoms with Crippen LogP contribution in [0.25, 0.3) is 0 Å². The number of halogens is 1. The number of alkyl halides is 1. The van der Waals surface area contributed by atoms with Crippen molar-refractivity contribution < 1.29 is 4.39 Å². The van der Waals surface area contributed by atoms with Crippen LogP contribution in [0.3, 0.4) is 0 Å². The molecule has 3 heteroatoms. The second-order valence-corrected chi connectivity index (χ2v) is 6.18. The molecule has 0 saturated heterocycles. The zero-order valence-corrected chi connectivity index (χ0v) is 12.2. The molecule has 100 valence electrons. The van der Waals surface area contributed by atoms with Crippen molar-refractivity contribution in [2.45, 2.75) is 49.7 Å². The van der Waals surface area contributed by atoms with E-state index >= 15 is 4.39 Å². The Kier molecular flexibility index (Phi) is 4.33. The molecule has 2 atom stereocenters. The third-order valence-electron chi connectivity index (χ3n) is 3.90. The quantitative estimate of drug-likeness (QED) is 0.868. The molecule has 1 aromatic rings. The van der Waals surface area contributed by atoms with Gasteiger partial charge in [0, 0.05) is 16.7 Å². The van der Waals surface area contributed by atoms with Crippen LogP contribution >= 0.6 is 11.8 Å². The van der Waals surface area contributed by atoms with Crippen molar-refractivity contribution in [3.05, 3.63) is 29.3 Å². The fourth-order valence-electron chi connectivity index (χ4n) is 2.65. The van der Waals surface area contributed by atoms with Gasteiger partial charge in [-0.2, -0.15) is 0 Å². The van der Waals surface area contributed by atoms with E-state index in [2.05, 4.69) is 17.4 Å². The van der Waals surface area contributed by atoms with E-state index in [1.807, 2.05) is 38.7 Å². The maximum Gasteiger partial charge on any atom is 0.150 e. The molecule has 0 spiro atoms. The summed E-state index contributed by atoms with van der Waals surface area (Å²) in [5.74, 6) is 1.13. The van der Waals surface area contributed by atoms with Gasteiger partial charge in [0.05, 0.1) is 0 Å². The predicted molar refractivity (Wildman–Crippen MR) is 77.1 cm³/mol. The normalized spacial score (nSPS) is 19.3. The van der Waals surface area contributed by atoms with Crippen LogP contribution in [0.5, 0.6) is 0 Å². The molecule has 0 aromatic heterocycles. The van der Waals surface area contributed by atoms with E-state index in [0.717, 1.165) is 24.2 Å². The van der Waals surface area contributed by atoms with Crippen molar-refractivity contribution in [3.63, 3.8) is 0 Å². The number of aryl methyl sites for hydroxylation is 1. The van der Waals surface area contributed by atoms with Crippen LogP contribution in [0.15, 0.2) is 23.1 Å². The van der Waals surface area contributed by atoms with Gasteiger partial charge in [-0.15, -0.1) is 11.8 Å². The predicted octanol–water partition coefficient (Wildman–Crippen LogP) is 3.91. The number of likely N-dealkylation sites (N-methyl/N-ethyl adjacent to an activating group) is 1. The zero-order chi connectivity index (χ0) is 13.2. The van der Waals surface area contributed by atoms with E-state index in [1.54, 1.807) is 0 Å². The highest BCUT2D eigenvalue weighted by Gasteiger charge is 2.37. The first kappa shape index (κ1) is 13.9. The fraction of sp³-hybridized carbons (Fsp3) is 0.600. The molecule has 1 N–H and O–H groups in total. The molecule has 0 amide bonds. The lowest BCUT2D eigenvalue weighted by Gasteiger charge is -2.32. The Morgan fingerprint density at radius 1 is 1.50 bits per heavy atom. The molecule has 2 rings (SSSR count). The highest BCUT2D eigenvalue weighted by Crippen LogP contribution is 2.39. The summed E-state index contributed by atoms with van der Waals surface area (Å²) in [6.45, 7) is 3.97. The van der Waals surface area contributed by atoms with Gasteiger partial charge in [0.1, 0.15) is 0 Å². The second-order valence-electron chi connectivity index (χ2n) is 5.04. The van der Waals surface area contributed by atoms with Crippen molar-refractivity contribution in [1.29, 1.82) is 0 Å². The lowest BCUT2D eigenvalue weighted by Crippen LogP contribution is -2.42. The molecular formula is C15H22FNS. The Morgan fingerprint density at radius 2 is 2.28 bits per heavy atom. The summed E-state index contributed by atoms with van der Waals surface area (Å²) in [7, 11) is 1.83. The molecule has 0 aliphatic carbocycles. The lowest BCUT2D eigenvalue weighted by molar-refractivity contribution is 0.103. The van der Waals surface area contributed by atoms with Crippen molar-refractivity contribution in [1.82, 2.24) is 5.32 Å². The summed E-state index contributed by atoms with van der Waals surface area (Å²) in [4.78, 5) is 1.33. The van der Waals surface area contributed by atoms with Crippen LogP contribution in [-0.4, -0.2) is 18.8 Å². The topological polar surface area (TPSA) is 12.0 Å². The van der Waals surface area contributed by atoms with E-state index in [0.29, 0.717) is 6.42 Å². The number of hydrogen-bond donors (Lipinski definition) is 1. The maximum absolute atomic E-state index is 15.3. The fourth-order valence-corrected chi connectivity index (χ4v) is 3.70. The minimum atomic E-state index is -1.26. The molecule has 0 bridgehead atoms. The molecule has 18 heavy (non-hydrogen) atoms. The largest absolute Gasteiger partial charge is 0.314 e. The van der Waals surface area contributed by atoms with Gasteiger partial charge >= 0.3 is 0 Å². The van der Waals surface area contributed by atoms with E-state index in [-0.39, 0.29) is 6.04 Å². The molecular weight excluding hydrogens is 245 g/mol. The van der Waals surface area contributed by atoms with Crippen LogP contribution in [0, 0.1) is 0 Å². The number of hydrogen-bond acceptors (Lipinski definition) is 2. The Bertz CT molecular complexity index is 421. The Balaban J connectivity index is 2.36. The summed E-state index contributed by atoms with van der Waals surface area (Å²) in [5, 5.41) is 3.08. The molecule has 1 nitrogen and oxygen atoms in total. The van der Waals surface area contributed by atoms with E-state index in [9.17, 15) is 0 Å². The molecule has 0 fully saturated rings. The molecule has 1 aromatic carbocycles. The van der Waals surface area contributed by atoms with Crippen molar-refractivity contribution in [2.24, 2.45) is 0 Å². The van der Waals surface area contributed by atoms with Crippen LogP contribution in [0.1, 0.15) is 37.8 Å². The molecule has 1 heterocycles. The molecule has 0 radical (unpaired) electrons. The standard InChI is InChI=1S/C15H22FNS/c1-4-8-15(16,11(2)17-3)13-5-6-14-12(10-13)7-9-18-14/h5-6,10-11,17H,4,7-9H2,1-3H3. The van der Waals surface area contributed by atoms with Gasteiger partial charge in [-0.3, -0.25) is 0 Å².